The van der Waals surface area contributed by atoms with Crippen LogP contribution in [0.5, 0.6) is 0 Å². The molecule has 0 aromatic heterocycles. The second-order valence-electron chi connectivity index (χ2n) is 8.31. The van der Waals surface area contributed by atoms with E-state index in [1.165, 1.54) is 19.3 Å². The summed E-state index contributed by atoms with van der Waals surface area (Å²) < 4.78 is 5.39. The van der Waals surface area contributed by atoms with E-state index in [4.69, 9.17) is 4.74 Å². The third-order valence-corrected chi connectivity index (χ3v) is 4.92. The molecule has 2 N–H and O–H groups in total. The van der Waals surface area contributed by atoms with Crippen LogP contribution in [0.15, 0.2) is 0 Å². The quantitative estimate of drug-likeness (QED) is 0.817. The lowest BCUT2D eigenvalue weighted by Gasteiger charge is -2.46. The smallest absolute Gasteiger partial charge is 0.408 e. The number of ether oxygens (including phenoxy) is 1. The summed E-state index contributed by atoms with van der Waals surface area (Å²) in [5, 5.41) is 6.74. The zero-order valence-corrected chi connectivity index (χ0v) is 14.3. The third kappa shape index (κ3) is 4.60. The van der Waals surface area contributed by atoms with Gasteiger partial charge in [-0.25, -0.2) is 4.79 Å². The Bertz CT molecular complexity index is 363. The predicted molar refractivity (Wildman–Crippen MR) is 85.3 cm³/mol. The molecular formula is C17H32N2O2. The maximum absolute atomic E-state index is 12.0. The van der Waals surface area contributed by atoms with Crippen molar-refractivity contribution in [1.29, 1.82) is 0 Å². The number of carbonyl (C=O) groups is 1. The average Bonchev–Trinajstić information content (AvgIpc) is 2.19. The molecule has 4 nitrogen and oxygen atoms in total. The van der Waals surface area contributed by atoms with Crippen molar-refractivity contribution in [1.82, 2.24) is 10.6 Å². The lowest BCUT2D eigenvalue weighted by Crippen LogP contribution is -2.61. The molecule has 2 fully saturated rings. The van der Waals surface area contributed by atoms with E-state index in [0.717, 1.165) is 31.2 Å². The van der Waals surface area contributed by atoms with Crippen molar-refractivity contribution >= 4 is 6.09 Å². The van der Waals surface area contributed by atoms with Gasteiger partial charge in [0.1, 0.15) is 5.60 Å². The average molecular weight is 296 g/mol. The second kappa shape index (κ2) is 6.15. The van der Waals surface area contributed by atoms with Gasteiger partial charge in [-0.3, -0.25) is 0 Å². The number of amides is 1. The summed E-state index contributed by atoms with van der Waals surface area (Å²) in [5.74, 6) is 1.67. The molecule has 0 radical (unpaired) electrons. The van der Waals surface area contributed by atoms with Gasteiger partial charge in [0.2, 0.25) is 0 Å². The monoisotopic (exact) mass is 296 g/mol. The highest BCUT2D eigenvalue weighted by Crippen LogP contribution is 2.36. The van der Waals surface area contributed by atoms with E-state index in [0.29, 0.717) is 6.04 Å². The van der Waals surface area contributed by atoms with Gasteiger partial charge in [0.25, 0.3) is 0 Å². The Kier molecular flexibility index (Phi) is 4.86. The van der Waals surface area contributed by atoms with Crippen LogP contribution in [-0.2, 0) is 4.74 Å². The fourth-order valence-corrected chi connectivity index (χ4v) is 3.18. The van der Waals surface area contributed by atoms with Gasteiger partial charge in [-0.15, -0.1) is 0 Å². The van der Waals surface area contributed by atoms with Gasteiger partial charge in [-0.2, -0.15) is 0 Å². The van der Waals surface area contributed by atoms with Gasteiger partial charge in [0.15, 0.2) is 0 Å². The first-order chi connectivity index (χ1) is 9.69. The predicted octanol–water partition coefficient (Wildman–Crippen LogP) is 3.46. The molecule has 2 rings (SSSR count). The van der Waals surface area contributed by atoms with Crippen molar-refractivity contribution in [3.8, 4) is 0 Å². The number of carbonyl (C=O) groups excluding carboxylic acids is 1. The number of nitrogens with one attached hydrogen (secondary N) is 2. The van der Waals surface area contributed by atoms with Gasteiger partial charge in [-0.05, 0) is 64.7 Å². The molecule has 0 aromatic rings. The molecule has 0 heterocycles. The first-order valence-electron chi connectivity index (χ1n) is 8.44. The van der Waals surface area contributed by atoms with Crippen LogP contribution in [0.3, 0.4) is 0 Å². The topological polar surface area (TPSA) is 50.4 Å². The van der Waals surface area contributed by atoms with E-state index >= 15 is 0 Å². The maximum Gasteiger partial charge on any atom is 0.408 e. The van der Waals surface area contributed by atoms with Crippen molar-refractivity contribution < 1.29 is 9.53 Å². The molecule has 0 saturated heterocycles. The molecule has 0 spiro atoms. The van der Waals surface area contributed by atoms with Crippen molar-refractivity contribution in [2.75, 3.05) is 6.54 Å². The van der Waals surface area contributed by atoms with Gasteiger partial charge in [0, 0.05) is 12.6 Å². The third-order valence-electron chi connectivity index (χ3n) is 4.92. The Balaban J connectivity index is 1.73. The van der Waals surface area contributed by atoms with E-state index in [-0.39, 0.29) is 11.6 Å². The van der Waals surface area contributed by atoms with Crippen LogP contribution in [0.4, 0.5) is 4.79 Å². The van der Waals surface area contributed by atoms with Crippen LogP contribution in [0.1, 0.15) is 66.7 Å². The Morgan fingerprint density at radius 3 is 2.33 bits per heavy atom. The lowest BCUT2D eigenvalue weighted by molar-refractivity contribution is 0.0366. The molecule has 0 unspecified atom stereocenters. The van der Waals surface area contributed by atoms with Crippen LogP contribution in [0.25, 0.3) is 0 Å². The molecule has 0 bridgehead atoms. The number of alkyl carbamates (subject to hydrolysis) is 1. The van der Waals surface area contributed by atoms with Crippen molar-refractivity contribution in [3.63, 3.8) is 0 Å². The molecule has 2 saturated carbocycles. The standard InChI is InChI=1S/C17H32N2O2/c1-12(2)13-9-14(10-13)18-11-17(7-6-8-17)19-15(20)21-16(3,4)5/h12-14,18H,6-11H2,1-5H3,(H,19,20). The summed E-state index contributed by atoms with van der Waals surface area (Å²) in [4.78, 5) is 12.0. The van der Waals surface area contributed by atoms with E-state index in [1.807, 2.05) is 20.8 Å². The first kappa shape index (κ1) is 16.6. The van der Waals surface area contributed by atoms with Crippen molar-refractivity contribution in [2.24, 2.45) is 11.8 Å². The molecule has 4 heteroatoms. The van der Waals surface area contributed by atoms with E-state index in [1.54, 1.807) is 0 Å². The summed E-state index contributed by atoms with van der Waals surface area (Å²) in [6.45, 7) is 11.2. The van der Waals surface area contributed by atoms with Gasteiger partial charge in [-0.1, -0.05) is 13.8 Å². The molecular weight excluding hydrogens is 264 g/mol. The Morgan fingerprint density at radius 1 is 1.29 bits per heavy atom. The zero-order valence-electron chi connectivity index (χ0n) is 14.3. The van der Waals surface area contributed by atoms with Crippen LogP contribution in [0, 0.1) is 11.8 Å². The molecule has 0 atom stereocenters. The molecule has 2 aliphatic carbocycles. The molecule has 0 aromatic carbocycles. The highest BCUT2D eigenvalue weighted by Gasteiger charge is 2.41. The summed E-state index contributed by atoms with van der Waals surface area (Å²) >= 11 is 0. The number of hydrogen-bond donors (Lipinski definition) is 2. The molecule has 122 valence electrons. The SMILES string of the molecule is CC(C)C1CC(NCC2(NC(=O)OC(C)(C)C)CCC2)C1. The summed E-state index contributed by atoms with van der Waals surface area (Å²) in [6, 6.07) is 0.635. The van der Waals surface area contributed by atoms with Crippen molar-refractivity contribution in [3.05, 3.63) is 0 Å². The minimum atomic E-state index is -0.430. The summed E-state index contributed by atoms with van der Waals surface area (Å²) in [6.07, 6.45) is 5.58. The van der Waals surface area contributed by atoms with Gasteiger partial charge in [0.05, 0.1) is 5.54 Å². The Morgan fingerprint density at radius 2 is 1.90 bits per heavy atom. The van der Waals surface area contributed by atoms with Crippen molar-refractivity contribution in [2.45, 2.75) is 83.9 Å². The Hall–Kier alpha value is -0.770. The fourth-order valence-electron chi connectivity index (χ4n) is 3.18. The highest BCUT2D eigenvalue weighted by atomic mass is 16.6. The largest absolute Gasteiger partial charge is 0.444 e. The fraction of sp³-hybridized carbons (Fsp3) is 0.941. The molecule has 2 aliphatic rings. The minimum absolute atomic E-state index is 0.0781. The summed E-state index contributed by atoms with van der Waals surface area (Å²) in [5.41, 5.74) is -0.508. The molecule has 21 heavy (non-hydrogen) atoms. The van der Waals surface area contributed by atoms with E-state index in [2.05, 4.69) is 24.5 Å². The zero-order chi connectivity index (χ0) is 15.7. The molecule has 1 amide bonds. The number of rotatable bonds is 5. The van der Waals surface area contributed by atoms with Crippen LogP contribution < -0.4 is 10.6 Å². The van der Waals surface area contributed by atoms with Gasteiger partial charge >= 0.3 is 6.09 Å². The minimum Gasteiger partial charge on any atom is -0.444 e. The maximum atomic E-state index is 12.0. The highest BCUT2D eigenvalue weighted by molar-refractivity contribution is 5.69. The van der Waals surface area contributed by atoms with E-state index < -0.39 is 5.60 Å². The second-order valence-corrected chi connectivity index (χ2v) is 8.31. The summed E-state index contributed by atoms with van der Waals surface area (Å²) in [7, 11) is 0. The molecule has 0 aliphatic heterocycles. The van der Waals surface area contributed by atoms with Crippen LogP contribution in [-0.4, -0.2) is 29.8 Å². The van der Waals surface area contributed by atoms with Gasteiger partial charge < -0.3 is 15.4 Å². The first-order valence-corrected chi connectivity index (χ1v) is 8.44. The Labute approximate surface area is 129 Å². The number of hydrogen-bond acceptors (Lipinski definition) is 3. The lowest BCUT2D eigenvalue weighted by atomic mass is 9.72. The van der Waals surface area contributed by atoms with Crippen LogP contribution >= 0.6 is 0 Å². The van der Waals surface area contributed by atoms with Crippen LogP contribution in [0.2, 0.25) is 0 Å². The normalized spacial score (nSPS) is 27.7. The van der Waals surface area contributed by atoms with E-state index in [9.17, 15) is 4.79 Å².